The van der Waals surface area contributed by atoms with Crippen LogP contribution in [0.4, 0.5) is 10.1 Å². The number of amides is 2. The summed E-state index contributed by atoms with van der Waals surface area (Å²) in [4.78, 5) is 24.9. The molecule has 0 radical (unpaired) electrons. The minimum atomic E-state index is -4.09. The van der Waals surface area contributed by atoms with Crippen molar-refractivity contribution in [2.24, 2.45) is 0 Å². The number of anilines is 1. The van der Waals surface area contributed by atoms with Gasteiger partial charge in [0.05, 0.1) is 22.3 Å². The molecule has 7 nitrogen and oxygen atoms in total. The van der Waals surface area contributed by atoms with Gasteiger partial charge in [-0.3, -0.25) is 9.59 Å². The number of rotatable bonds is 8. The molecule has 0 saturated heterocycles. The van der Waals surface area contributed by atoms with Crippen molar-refractivity contribution in [2.45, 2.75) is 11.3 Å². The van der Waals surface area contributed by atoms with E-state index in [2.05, 4.69) is 10.0 Å². The molecular weight excluding hydrogens is 444 g/mol. The van der Waals surface area contributed by atoms with Gasteiger partial charge in [-0.15, -0.1) is 0 Å². The average molecular weight is 462 g/mol. The second-order valence-corrected chi connectivity index (χ2v) is 8.52. The Morgan fingerprint density at radius 1 is 1.07 bits per heavy atom. The van der Waals surface area contributed by atoms with E-state index in [1.807, 2.05) is 0 Å². The molecule has 2 aromatic rings. The second-order valence-electron chi connectivity index (χ2n) is 5.97. The predicted octanol–water partition coefficient (Wildman–Crippen LogP) is 2.90. The van der Waals surface area contributed by atoms with Crippen LogP contribution in [0, 0.1) is 5.82 Å². The number of hydrogen-bond donors (Lipinski definition) is 2. The van der Waals surface area contributed by atoms with Crippen LogP contribution in [0.3, 0.4) is 0 Å². The van der Waals surface area contributed by atoms with Crippen molar-refractivity contribution in [1.82, 2.24) is 9.62 Å². The molecule has 11 heteroatoms. The lowest BCUT2D eigenvalue weighted by Gasteiger charge is -2.17. The number of nitrogens with one attached hydrogen (secondary N) is 2. The van der Waals surface area contributed by atoms with E-state index in [0.717, 1.165) is 17.0 Å². The van der Waals surface area contributed by atoms with Gasteiger partial charge in [-0.25, -0.2) is 17.5 Å². The maximum absolute atomic E-state index is 13.6. The van der Waals surface area contributed by atoms with Crippen LogP contribution in [0.15, 0.2) is 47.4 Å². The smallest absolute Gasteiger partial charge is 0.244 e. The van der Waals surface area contributed by atoms with Crippen LogP contribution in [-0.4, -0.2) is 45.3 Å². The van der Waals surface area contributed by atoms with Gasteiger partial charge in [0.15, 0.2) is 0 Å². The van der Waals surface area contributed by atoms with E-state index in [-0.39, 0.29) is 35.2 Å². The van der Waals surface area contributed by atoms with Crippen molar-refractivity contribution in [3.63, 3.8) is 0 Å². The molecule has 0 spiro atoms. The van der Waals surface area contributed by atoms with E-state index in [4.69, 9.17) is 23.2 Å². The fourth-order valence-corrected chi connectivity index (χ4v) is 3.92. The molecule has 0 aliphatic heterocycles. The van der Waals surface area contributed by atoms with Gasteiger partial charge in [-0.05, 0) is 24.3 Å². The lowest BCUT2D eigenvalue weighted by Crippen LogP contribution is -2.37. The van der Waals surface area contributed by atoms with Crippen molar-refractivity contribution in [2.75, 3.05) is 25.5 Å². The minimum absolute atomic E-state index is 0.218. The van der Waals surface area contributed by atoms with Crippen molar-refractivity contribution < 1.29 is 22.4 Å². The highest BCUT2D eigenvalue weighted by atomic mass is 35.5. The number of carbonyl (C=O) groups excluding carboxylic acids is 2. The van der Waals surface area contributed by atoms with E-state index in [1.165, 1.54) is 19.2 Å². The van der Waals surface area contributed by atoms with Gasteiger partial charge in [-0.2, -0.15) is 0 Å². The number of halogens is 3. The highest BCUT2D eigenvalue weighted by Crippen LogP contribution is 2.29. The van der Waals surface area contributed by atoms with E-state index in [1.54, 1.807) is 18.2 Å². The summed E-state index contributed by atoms with van der Waals surface area (Å²) in [7, 11) is -2.70. The Hall–Kier alpha value is -2.20. The summed E-state index contributed by atoms with van der Waals surface area (Å²) in [6.45, 7) is -0.543. The predicted molar refractivity (Wildman–Crippen MR) is 109 cm³/mol. The van der Waals surface area contributed by atoms with Crippen molar-refractivity contribution in [3.05, 3.63) is 58.3 Å². The van der Waals surface area contributed by atoms with Crippen LogP contribution < -0.4 is 10.0 Å². The Morgan fingerprint density at radius 3 is 2.31 bits per heavy atom. The van der Waals surface area contributed by atoms with Crippen molar-refractivity contribution >= 4 is 50.7 Å². The van der Waals surface area contributed by atoms with Crippen LogP contribution in [0.25, 0.3) is 0 Å². The van der Waals surface area contributed by atoms with Crippen LogP contribution in [0.5, 0.6) is 0 Å². The topological polar surface area (TPSA) is 95.6 Å². The Labute approximate surface area is 177 Å². The third kappa shape index (κ3) is 6.40. The number of para-hydroxylation sites is 1. The summed E-state index contributed by atoms with van der Waals surface area (Å²) in [6.07, 6.45) is -0.218. The first-order chi connectivity index (χ1) is 13.6. The zero-order valence-corrected chi connectivity index (χ0v) is 17.6. The SMILES string of the molecule is CN(CC(=O)Nc1c(Cl)cccc1Cl)C(=O)CCNS(=O)(=O)c1ccccc1F. The molecule has 0 bridgehead atoms. The molecule has 0 heterocycles. The molecule has 0 atom stereocenters. The minimum Gasteiger partial charge on any atom is -0.336 e. The molecule has 0 fully saturated rings. The lowest BCUT2D eigenvalue weighted by molar-refractivity contribution is -0.133. The Balaban J connectivity index is 1.86. The average Bonchev–Trinajstić information content (AvgIpc) is 2.64. The van der Waals surface area contributed by atoms with Crippen LogP contribution in [0.1, 0.15) is 6.42 Å². The fourth-order valence-electron chi connectivity index (χ4n) is 2.32. The van der Waals surface area contributed by atoms with E-state index >= 15 is 0 Å². The molecule has 0 unspecified atom stereocenters. The number of sulfonamides is 1. The standard InChI is InChI=1S/C18H18Cl2FN3O4S/c1-24(11-16(25)23-18-12(19)5-4-6-13(18)20)17(26)9-10-22-29(27,28)15-8-3-2-7-14(15)21/h2-8,22H,9-11H2,1H3,(H,23,25). The number of hydrogen-bond acceptors (Lipinski definition) is 4. The monoisotopic (exact) mass is 461 g/mol. The van der Waals surface area contributed by atoms with Crippen LogP contribution >= 0.6 is 23.2 Å². The van der Waals surface area contributed by atoms with Crippen LogP contribution in [0.2, 0.25) is 10.0 Å². The first-order valence-electron chi connectivity index (χ1n) is 8.34. The van der Waals surface area contributed by atoms with Gasteiger partial charge in [0.1, 0.15) is 10.7 Å². The Morgan fingerprint density at radius 2 is 1.69 bits per heavy atom. The molecule has 0 aliphatic carbocycles. The van der Waals surface area contributed by atoms with Gasteiger partial charge < -0.3 is 10.2 Å². The fraction of sp³-hybridized carbons (Fsp3) is 0.222. The summed E-state index contributed by atoms with van der Waals surface area (Å²) >= 11 is 11.9. The summed E-state index contributed by atoms with van der Waals surface area (Å²) < 4.78 is 39.9. The highest BCUT2D eigenvalue weighted by Gasteiger charge is 2.20. The van der Waals surface area contributed by atoms with E-state index < -0.39 is 32.6 Å². The lowest BCUT2D eigenvalue weighted by atomic mass is 10.3. The molecule has 2 amide bonds. The molecule has 0 saturated carbocycles. The zero-order valence-electron chi connectivity index (χ0n) is 15.3. The van der Waals surface area contributed by atoms with Gasteiger partial charge in [0.25, 0.3) is 0 Å². The quantitative estimate of drug-likeness (QED) is 0.631. The third-order valence-corrected chi connectivity index (χ3v) is 5.92. The summed E-state index contributed by atoms with van der Waals surface area (Å²) in [5.74, 6) is -1.90. The number of nitrogens with zero attached hydrogens (tertiary/aromatic N) is 1. The second kappa shape index (κ2) is 10.0. The Bertz CT molecular complexity index is 998. The van der Waals surface area contributed by atoms with E-state index in [0.29, 0.717) is 0 Å². The largest absolute Gasteiger partial charge is 0.336 e. The first-order valence-corrected chi connectivity index (χ1v) is 10.6. The third-order valence-electron chi connectivity index (χ3n) is 3.79. The summed E-state index contributed by atoms with van der Waals surface area (Å²) in [6, 6.07) is 9.64. The first kappa shape index (κ1) is 23.1. The summed E-state index contributed by atoms with van der Waals surface area (Å²) in [5.41, 5.74) is 0.235. The maximum atomic E-state index is 13.6. The molecule has 2 aromatic carbocycles. The van der Waals surface area contributed by atoms with E-state index in [9.17, 15) is 22.4 Å². The molecule has 0 aliphatic rings. The Kier molecular flexibility index (Phi) is 7.97. The van der Waals surface area contributed by atoms with Gasteiger partial charge >= 0.3 is 0 Å². The van der Waals surface area contributed by atoms with Crippen molar-refractivity contribution in [3.8, 4) is 0 Å². The van der Waals surface area contributed by atoms with Crippen molar-refractivity contribution in [1.29, 1.82) is 0 Å². The van der Waals surface area contributed by atoms with Crippen LogP contribution in [-0.2, 0) is 19.6 Å². The van der Waals surface area contributed by atoms with Gasteiger partial charge in [0.2, 0.25) is 21.8 Å². The molecule has 2 rings (SSSR count). The molecule has 2 N–H and O–H groups in total. The maximum Gasteiger partial charge on any atom is 0.244 e. The normalized spacial score (nSPS) is 11.2. The van der Waals surface area contributed by atoms with Gasteiger partial charge in [0, 0.05) is 20.0 Å². The number of carbonyl (C=O) groups is 2. The zero-order chi connectivity index (χ0) is 21.6. The van der Waals surface area contributed by atoms with Gasteiger partial charge in [-0.1, -0.05) is 41.4 Å². The molecule has 156 valence electrons. The molecular formula is C18H18Cl2FN3O4S. The number of benzene rings is 2. The highest BCUT2D eigenvalue weighted by molar-refractivity contribution is 7.89. The molecule has 29 heavy (non-hydrogen) atoms. The molecule has 0 aromatic heterocycles. The summed E-state index contributed by atoms with van der Waals surface area (Å²) in [5, 5.41) is 3.03. The number of likely N-dealkylation sites (N-methyl/N-ethyl adjacent to an activating group) is 1.